The summed E-state index contributed by atoms with van der Waals surface area (Å²) < 4.78 is 5.95. The van der Waals surface area contributed by atoms with Crippen molar-refractivity contribution in [3.63, 3.8) is 0 Å². The van der Waals surface area contributed by atoms with E-state index in [1.807, 2.05) is 6.08 Å². The molecule has 4 rings (SSSR count). The van der Waals surface area contributed by atoms with E-state index in [2.05, 4.69) is 27.7 Å². The molecule has 1 N–H and O–H groups in total. The molecule has 0 unspecified atom stereocenters. The van der Waals surface area contributed by atoms with Gasteiger partial charge in [0, 0.05) is 30.8 Å². The Balaban J connectivity index is 1.87. The fraction of sp³-hybridized carbons (Fsp3) is 0.815. The Hall–Kier alpha value is -1.49. The lowest BCUT2D eigenvalue weighted by Gasteiger charge is -2.69. The number of aliphatic hydroxyl groups is 1. The van der Waals surface area contributed by atoms with E-state index in [1.54, 1.807) is 0 Å². The molecular formula is C27H40O5. The van der Waals surface area contributed by atoms with Gasteiger partial charge in [0.2, 0.25) is 0 Å². The third-order valence-corrected chi connectivity index (χ3v) is 10.4. The number of esters is 1. The summed E-state index contributed by atoms with van der Waals surface area (Å²) in [6.07, 6.45) is 7.69. The molecule has 0 saturated heterocycles. The number of Topliss-reactive ketones (excluding diaryl/α,β-unsaturated/α-hetero) is 2. The van der Waals surface area contributed by atoms with Crippen molar-refractivity contribution in [2.45, 2.75) is 92.6 Å². The molecule has 0 heterocycles. The third kappa shape index (κ3) is 3.17. The lowest BCUT2D eigenvalue weighted by Crippen LogP contribution is -2.67. The van der Waals surface area contributed by atoms with E-state index in [4.69, 9.17) is 4.74 Å². The zero-order valence-electron chi connectivity index (χ0n) is 20.6. The molecule has 3 fully saturated rings. The Kier molecular flexibility index (Phi) is 5.55. The van der Waals surface area contributed by atoms with Crippen LogP contribution in [0.2, 0.25) is 0 Å². The summed E-state index contributed by atoms with van der Waals surface area (Å²) in [5.41, 5.74) is -0.537. The quantitative estimate of drug-likeness (QED) is 0.506. The van der Waals surface area contributed by atoms with Crippen LogP contribution in [-0.4, -0.2) is 35.4 Å². The van der Waals surface area contributed by atoms with Crippen molar-refractivity contribution in [1.82, 2.24) is 0 Å². The monoisotopic (exact) mass is 444 g/mol. The van der Waals surface area contributed by atoms with Gasteiger partial charge in [-0.3, -0.25) is 14.4 Å². The molecule has 0 aromatic heterocycles. The van der Waals surface area contributed by atoms with E-state index in [-0.39, 0.29) is 57.8 Å². The van der Waals surface area contributed by atoms with Gasteiger partial charge in [-0.05, 0) is 67.6 Å². The van der Waals surface area contributed by atoms with Gasteiger partial charge in [-0.25, -0.2) is 0 Å². The van der Waals surface area contributed by atoms with Crippen molar-refractivity contribution in [3.05, 3.63) is 11.6 Å². The summed E-state index contributed by atoms with van der Waals surface area (Å²) in [6, 6.07) is 0. The SMILES string of the molecule is CC(=O)O[C@H]1C[C@H]2[C@@](C)(CC[C@H]3C(C)(C)CCC[C@@]32CO)[C@@H]2CC(=O)C(C(C)=O)=C[C@@]12C. The second-order valence-corrected chi connectivity index (χ2v) is 12.4. The molecule has 4 aliphatic rings. The maximum absolute atomic E-state index is 13.1. The molecule has 0 radical (unpaired) electrons. The van der Waals surface area contributed by atoms with Crippen LogP contribution in [0.25, 0.3) is 0 Å². The Labute approximate surface area is 192 Å². The second-order valence-electron chi connectivity index (χ2n) is 12.4. The second kappa shape index (κ2) is 7.51. The number of ketones is 2. The van der Waals surface area contributed by atoms with Crippen LogP contribution in [0.5, 0.6) is 0 Å². The number of carbonyl (C=O) groups is 3. The van der Waals surface area contributed by atoms with E-state index < -0.39 is 11.5 Å². The average Bonchev–Trinajstić information content (AvgIpc) is 2.69. The van der Waals surface area contributed by atoms with E-state index in [9.17, 15) is 19.5 Å². The molecule has 178 valence electrons. The Morgan fingerprint density at radius 2 is 1.75 bits per heavy atom. The van der Waals surface area contributed by atoms with Crippen LogP contribution in [0, 0.1) is 39.4 Å². The first-order chi connectivity index (χ1) is 14.8. The summed E-state index contributed by atoms with van der Waals surface area (Å²) in [4.78, 5) is 37.5. The van der Waals surface area contributed by atoms with Gasteiger partial charge >= 0.3 is 5.97 Å². The molecule has 0 aromatic rings. The van der Waals surface area contributed by atoms with Crippen LogP contribution in [0.1, 0.15) is 86.5 Å². The smallest absolute Gasteiger partial charge is 0.302 e. The fourth-order valence-electron chi connectivity index (χ4n) is 9.01. The molecule has 0 aromatic carbocycles. The first-order valence-electron chi connectivity index (χ1n) is 12.4. The molecular weight excluding hydrogens is 404 g/mol. The van der Waals surface area contributed by atoms with E-state index in [1.165, 1.54) is 20.3 Å². The molecule has 3 saturated carbocycles. The third-order valence-electron chi connectivity index (χ3n) is 10.4. The Morgan fingerprint density at radius 3 is 2.34 bits per heavy atom. The van der Waals surface area contributed by atoms with E-state index in [0.29, 0.717) is 18.8 Å². The van der Waals surface area contributed by atoms with Crippen LogP contribution < -0.4 is 0 Å². The number of aliphatic hydroxyl groups excluding tert-OH is 1. The highest BCUT2D eigenvalue weighted by atomic mass is 16.5. The molecule has 32 heavy (non-hydrogen) atoms. The molecule has 5 heteroatoms. The summed E-state index contributed by atoms with van der Waals surface area (Å²) in [5, 5.41) is 10.9. The number of fused-ring (bicyclic) bond motifs is 5. The Bertz CT molecular complexity index is 871. The van der Waals surface area contributed by atoms with Gasteiger partial charge in [0.15, 0.2) is 11.6 Å². The van der Waals surface area contributed by atoms with Gasteiger partial charge in [-0.1, -0.05) is 40.2 Å². The van der Waals surface area contributed by atoms with Crippen molar-refractivity contribution < 1.29 is 24.2 Å². The predicted molar refractivity (Wildman–Crippen MR) is 122 cm³/mol. The van der Waals surface area contributed by atoms with Gasteiger partial charge in [0.25, 0.3) is 0 Å². The van der Waals surface area contributed by atoms with Gasteiger partial charge in [0.1, 0.15) is 6.10 Å². The topological polar surface area (TPSA) is 80.7 Å². The van der Waals surface area contributed by atoms with Crippen molar-refractivity contribution in [2.24, 2.45) is 39.4 Å². The average molecular weight is 445 g/mol. The minimum absolute atomic E-state index is 0.0249. The summed E-state index contributed by atoms with van der Waals surface area (Å²) in [7, 11) is 0. The van der Waals surface area contributed by atoms with Crippen LogP contribution in [-0.2, 0) is 19.1 Å². The predicted octanol–water partition coefficient (Wildman–Crippen LogP) is 4.65. The first-order valence-corrected chi connectivity index (χ1v) is 12.4. The van der Waals surface area contributed by atoms with Crippen molar-refractivity contribution in [3.8, 4) is 0 Å². The number of hydrogen-bond donors (Lipinski definition) is 1. The first kappa shape index (κ1) is 23.7. The van der Waals surface area contributed by atoms with Gasteiger partial charge in [-0.15, -0.1) is 0 Å². The zero-order chi connectivity index (χ0) is 23.7. The summed E-state index contributed by atoms with van der Waals surface area (Å²) >= 11 is 0. The van der Waals surface area contributed by atoms with E-state index >= 15 is 0 Å². The molecule has 0 aliphatic heterocycles. The molecule has 0 bridgehead atoms. The highest BCUT2D eigenvalue weighted by Gasteiger charge is 2.68. The number of hydrogen-bond acceptors (Lipinski definition) is 5. The summed E-state index contributed by atoms with van der Waals surface area (Å²) in [6.45, 7) is 12.1. The van der Waals surface area contributed by atoms with Crippen LogP contribution in [0.4, 0.5) is 0 Å². The molecule has 5 nitrogen and oxygen atoms in total. The fourth-order valence-corrected chi connectivity index (χ4v) is 9.01. The molecule has 0 spiro atoms. The number of rotatable bonds is 3. The number of allylic oxidation sites excluding steroid dienone is 1. The number of carbonyl (C=O) groups excluding carboxylic acids is 3. The molecule has 7 atom stereocenters. The molecule has 0 amide bonds. The van der Waals surface area contributed by atoms with Gasteiger partial charge in [-0.2, -0.15) is 0 Å². The molecule has 4 aliphatic carbocycles. The summed E-state index contributed by atoms with van der Waals surface area (Å²) in [5.74, 6) is -0.0796. The van der Waals surface area contributed by atoms with Gasteiger partial charge in [0.05, 0.1) is 5.57 Å². The normalized spacial score (nSPS) is 45.1. The maximum Gasteiger partial charge on any atom is 0.302 e. The van der Waals surface area contributed by atoms with Crippen LogP contribution in [0.3, 0.4) is 0 Å². The van der Waals surface area contributed by atoms with Crippen molar-refractivity contribution >= 4 is 17.5 Å². The largest absolute Gasteiger partial charge is 0.462 e. The van der Waals surface area contributed by atoms with Gasteiger partial charge < -0.3 is 9.84 Å². The zero-order valence-corrected chi connectivity index (χ0v) is 20.6. The van der Waals surface area contributed by atoms with E-state index in [0.717, 1.165) is 25.7 Å². The maximum atomic E-state index is 13.1. The number of ether oxygens (including phenoxy) is 1. The lowest BCUT2D eigenvalue weighted by molar-refractivity contribution is -0.235. The highest BCUT2D eigenvalue weighted by Crippen LogP contribution is 2.72. The highest BCUT2D eigenvalue weighted by molar-refractivity contribution is 6.20. The standard InChI is InChI=1S/C27H40O5/c1-16(29)18-14-26(6)21(12-19(18)31)25(5)11-8-20-24(3,4)9-7-10-27(20,15-28)22(25)13-23(26)32-17(2)30/h14,20-23,28H,7-13,15H2,1-6H3/t20-,21-,22-,23-,25-,26+,27+/m0/s1. The minimum atomic E-state index is -0.570. The van der Waals surface area contributed by atoms with Crippen molar-refractivity contribution in [2.75, 3.05) is 6.61 Å². The minimum Gasteiger partial charge on any atom is -0.462 e. The van der Waals surface area contributed by atoms with Crippen LogP contribution in [0.15, 0.2) is 11.6 Å². The lowest BCUT2D eigenvalue weighted by atomic mass is 9.35. The van der Waals surface area contributed by atoms with Crippen LogP contribution >= 0.6 is 0 Å². The van der Waals surface area contributed by atoms with Crippen molar-refractivity contribution in [1.29, 1.82) is 0 Å². The Morgan fingerprint density at radius 1 is 1.06 bits per heavy atom.